The number of halogens is 2. The van der Waals surface area contributed by atoms with Gasteiger partial charge in [0.2, 0.25) is 0 Å². The van der Waals surface area contributed by atoms with Gasteiger partial charge in [0, 0.05) is 36.9 Å². The molecule has 0 fully saturated rings. The number of hydrogen-bond acceptors (Lipinski definition) is 2. The van der Waals surface area contributed by atoms with Crippen molar-refractivity contribution in [2.45, 2.75) is 32.7 Å². The molecule has 0 aromatic heterocycles. The minimum atomic E-state index is 0.0411. The Morgan fingerprint density at radius 2 is 2.09 bits per heavy atom. The molecule has 1 atom stereocenters. The Kier molecular flexibility index (Phi) is 9.28. The molecule has 22 heavy (non-hydrogen) atoms. The third kappa shape index (κ3) is 6.86. The van der Waals surface area contributed by atoms with Crippen LogP contribution in [0.25, 0.3) is 0 Å². The smallest absolute Gasteiger partial charge is 0.191 e. The van der Waals surface area contributed by atoms with E-state index < -0.39 is 0 Å². The van der Waals surface area contributed by atoms with E-state index >= 15 is 0 Å². The van der Waals surface area contributed by atoms with Gasteiger partial charge in [0.1, 0.15) is 0 Å². The molecular formula is C16H25Cl2N3O. The van der Waals surface area contributed by atoms with Crippen molar-refractivity contribution in [2.24, 2.45) is 4.99 Å². The fraction of sp³-hybridized carbons (Fsp3) is 0.562. The maximum Gasteiger partial charge on any atom is 0.191 e. The molecule has 0 saturated heterocycles. The summed E-state index contributed by atoms with van der Waals surface area (Å²) in [5, 5.41) is 7.91. The van der Waals surface area contributed by atoms with Crippen LogP contribution in [0.2, 0.25) is 10.0 Å². The monoisotopic (exact) mass is 345 g/mol. The van der Waals surface area contributed by atoms with Gasteiger partial charge in [0.15, 0.2) is 5.96 Å². The van der Waals surface area contributed by atoms with Crippen LogP contribution in [0.15, 0.2) is 23.2 Å². The lowest BCUT2D eigenvalue weighted by molar-refractivity contribution is 0.143. The van der Waals surface area contributed by atoms with Crippen LogP contribution in [0.5, 0.6) is 0 Å². The summed E-state index contributed by atoms with van der Waals surface area (Å²) in [6.45, 7) is 6.48. The molecule has 0 saturated carbocycles. The summed E-state index contributed by atoms with van der Waals surface area (Å²) in [5.74, 6) is 0.759. The van der Waals surface area contributed by atoms with Gasteiger partial charge in [0.05, 0.1) is 6.04 Å². The standard InChI is InChI=1S/C16H25Cl2N3O/c1-4-22-10-6-5-9-20-16(19-3)21-12(2)14-8-7-13(17)11-15(14)18/h7-8,11-12H,4-6,9-10H2,1-3H3,(H2,19,20,21). The molecular weight excluding hydrogens is 321 g/mol. The first-order chi connectivity index (χ1) is 10.6. The Morgan fingerprint density at radius 1 is 1.32 bits per heavy atom. The van der Waals surface area contributed by atoms with Gasteiger partial charge >= 0.3 is 0 Å². The van der Waals surface area contributed by atoms with Crippen molar-refractivity contribution in [2.75, 3.05) is 26.8 Å². The summed E-state index contributed by atoms with van der Waals surface area (Å²) in [6, 6.07) is 5.56. The Hall–Kier alpha value is -0.970. The van der Waals surface area contributed by atoms with Crippen LogP contribution in [0.4, 0.5) is 0 Å². The molecule has 0 aliphatic rings. The topological polar surface area (TPSA) is 45.6 Å². The number of hydrogen-bond donors (Lipinski definition) is 2. The molecule has 1 aromatic rings. The summed E-state index contributed by atoms with van der Waals surface area (Å²) in [5.41, 5.74) is 0.991. The zero-order valence-corrected chi connectivity index (χ0v) is 15.0. The molecule has 1 unspecified atom stereocenters. The van der Waals surface area contributed by atoms with Crippen molar-refractivity contribution < 1.29 is 4.74 Å². The number of nitrogens with one attached hydrogen (secondary N) is 2. The number of guanidine groups is 1. The van der Waals surface area contributed by atoms with Crippen LogP contribution in [0, 0.1) is 0 Å². The van der Waals surface area contributed by atoms with Gasteiger partial charge in [-0.05, 0) is 44.4 Å². The Morgan fingerprint density at radius 3 is 2.73 bits per heavy atom. The predicted molar refractivity (Wildman–Crippen MR) is 95.1 cm³/mol. The number of ether oxygens (including phenoxy) is 1. The SMILES string of the molecule is CCOCCCCNC(=NC)NC(C)c1ccc(Cl)cc1Cl. The average molecular weight is 346 g/mol. The highest BCUT2D eigenvalue weighted by molar-refractivity contribution is 6.35. The summed E-state index contributed by atoms with van der Waals surface area (Å²) < 4.78 is 5.31. The second-order valence-corrected chi connectivity index (χ2v) is 5.78. The van der Waals surface area contributed by atoms with Gasteiger partial charge in [-0.3, -0.25) is 4.99 Å². The zero-order chi connectivity index (χ0) is 16.4. The van der Waals surface area contributed by atoms with Crippen LogP contribution in [0.3, 0.4) is 0 Å². The molecule has 1 rings (SSSR count). The minimum Gasteiger partial charge on any atom is -0.382 e. The zero-order valence-electron chi connectivity index (χ0n) is 13.5. The van der Waals surface area contributed by atoms with Crippen LogP contribution >= 0.6 is 23.2 Å². The highest BCUT2D eigenvalue weighted by Crippen LogP contribution is 2.25. The van der Waals surface area contributed by atoms with Crippen LogP contribution in [0.1, 0.15) is 38.3 Å². The molecule has 0 aliphatic carbocycles. The first kappa shape index (κ1) is 19.1. The molecule has 0 heterocycles. The van der Waals surface area contributed by atoms with Gasteiger partial charge in [-0.1, -0.05) is 29.3 Å². The largest absolute Gasteiger partial charge is 0.382 e. The van der Waals surface area contributed by atoms with E-state index in [1.165, 1.54) is 0 Å². The summed E-state index contributed by atoms with van der Waals surface area (Å²) >= 11 is 12.2. The van der Waals surface area contributed by atoms with Crippen molar-refractivity contribution >= 4 is 29.2 Å². The molecule has 0 radical (unpaired) electrons. The molecule has 0 bridgehead atoms. The van der Waals surface area contributed by atoms with Crippen molar-refractivity contribution in [1.82, 2.24) is 10.6 Å². The second-order valence-electron chi connectivity index (χ2n) is 4.93. The van der Waals surface area contributed by atoms with E-state index in [9.17, 15) is 0 Å². The first-order valence-electron chi connectivity index (χ1n) is 7.58. The minimum absolute atomic E-state index is 0.0411. The van der Waals surface area contributed by atoms with E-state index in [-0.39, 0.29) is 6.04 Å². The molecule has 6 heteroatoms. The van der Waals surface area contributed by atoms with Gasteiger partial charge in [-0.25, -0.2) is 0 Å². The lowest BCUT2D eigenvalue weighted by Gasteiger charge is -2.19. The van der Waals surface area contributed by atoms with Crippen molar-refractivity contribution in [3.63, 3.8) is 0 Å². The number of aliphatic imine (C=N–C) groups is 1. The number of unbranched alkanes of at least 4 members (excludes halogenated alkanes) is 1. The van der Waals surface area contributed by atoms with E-state index in [0.717, 1.165) is 44.1 Å². The van der Waals surface area contributed by atoms with E-state index in [1.54, 1.807) is 13.1 Å². The third-order valence-electron chi connectivity index (χ3n) is 3.22. The van der Waals surface area contributed by atoms with E-state index in [4.69, 9.17) is 27.9 Å². The Balaban J connectivity index is 2.42. The van der Waals surface area contributed by atoms with Gasteiger partial charge in [-0.2, -0.15) is 0 Å². The van der Waals surface area contributed by atoms with Crippen molar-refractivity contribution in [1.29, 1.82) is 0 Å². The highest BCUT2D eigenvalue weighted by Gasteiger charge is 2.11. The quantitative estimate of drug-likeness (QED) is 0.424. The Bertz CT molecular complexity index is 480. The summed E-state index contributed by atoms with van der Waals surface area (Å²) in [6.07, 6.45) is 2.08. The predicted octanol–water partition coefficient (Wildman–Crippen LogP) is 4.04. The van der Waals surface area contributed by atoms with Gasteiger partial charge in [-0.15, -0.1) is 0 Å². The fourth-order valence-electron chi connectivity index (χ4n) is 2.01. The molecule has 0 aliphatic heterocycles. The number of nitrogens with zero attached hydrogens (tertiary/aromatic N) is 1. The van der Waals surface area contributed by atoms with Crippen LogP contribution in [-0.2, 0) is 4.74 Å². The fourth-order valence-corrected chi connectivity index (χ4v) is 2.58. The molecule has 0 amide bonds. The van der Waals surface area contributed by atoms with Crippen molar-refractivity contribution in [3.05, 3.63) is 33.8 Å². The number of rotatable bonds is 8. The summed E-state index contributed by atoms with van der Waals surface area (Å²) in [4.78, 5) is 4.23. The van der Waals surface area contributed by atoms with Gasteiger partial charge < -0.3 is 15.4 Å². The van der Waals surface area contributed by atoms with Crippen molar-refractivity contribution in [3.8, 4) is 0 Å². The van der Waals surface area contributed by atoms with E-state index in [0.29, 0.717) is 10.0 Å². The number of benzene rings is 1. The maximum absolute atomic E-state index is 6.23. The maximum atomic E-state index is 6.23. The third-order valence-corrected chi connectivity index (χ3v) is 3.78. The highest BCUT2D eigenvalue weighted by atomic mass is 35.5. The average Bonchev–Trinajstić information content (AvgIpc) is 2.49. The molecule has 124 valence electrons. The molecule has 1 aromatic carbocycles. The summed E-state index contributed by atoms with van der Waals surface area (Å²) in [7, 11) is 1.76. The second kappa shape index (κ2) is 10.7. The lowest BCUT2D eigenvalue weighted by atomic mass is 10.1. The first-order valence-corrected chi connectivity index (χ1v) is 8.34. The molecule has 0 spiro atoms. The lowest BCUT2D eigenvalue weighted by Crippen LogP contribution is -2.39. The van der Waals surface area contributed by atoms with Gasteiger partial charge in [0.25, 0.3) is 0 Å². The molecule has 2 N–H and O–H groups in total. The van der Waals surface area contributed by atoms with E-state index in [2.05, 4.69) is 15.6 Å². The Labute approximate surface area is 143 Å². The van der Waals surface area contributed by atoms with E-state index in [1.807, 2.05) is 26.0 Å². The normalized spacial score (nSPS) is 13.0. The van der Waals surface area contributed by atoms with Crippen LogP contribution in [-0.4, -0.2) is 32.8 Å². The van der Waals surface area contributed by atoms with Crippen LogP contribution < -0.4 is 10.6 Å². The molecule has 4 nitrogen and oxygen atoms in total.